The predicted octanol–water partition coefficient (Wildman–Crippen LogP) is 2.31. The number of aryl methyl sites for hydroxylation is 2. The Labute approximate surface area is 121 Å². The number of aliphatic hydroxyl groups is 1. The quantitative estimate of drug-likeness (QED) is 0.848. The highest BCUT2D eigenvalue weighted by atomic mass is 16.3. The van der Waals surface area contributed by atoms with Gasteiger partial charge in [-0.1, -0.05) is 17.7 Å². The number of ketones is 1. The van der Waals surface area contributed by atoms with Crippen molar-refractivity contribution in [3.8, 4) is 0 Å². The number of Topliss-reactive ketones (excluding diaryl/α,β-unsaturated/α-hetero) is 1. The van der Waals surface area contributed by atoms with E-state index in [4.69, 9.17) is 4.42 Å². The normalized spacial score (nSPS) is 20.2. The van der Waals surface area contributed by atoms with Crippen LogP contribution in [0.25, 0.3) is 0 Å². The predicted molar refractivity (Wildman–Crippen MR) is 76.1 cm³/mol. The van der Waals surface area contributed by atoms with Gasteiger partial charge in [-0.3, -0.25) is 9.59 Å². The first-order valence-corrected chi connectivity index (χ1v) is 6.65. The number of fused-ring (bicyclic) bond motifs is 1. The number of rotatable bonds is 3. The van der Waals surface area contributed by atoms with E-state index in [1.54, 1.807) is 31.2 Å². The SMILES string of the molecule is Cc1ccc2c(c1)[C@@](O)(CC(=O)c1ccc(C)o1)C(=O)N2. The molecular weight excluding hydrogens is 270 g/mol. The maximum atomic E-state index is 12.2. The molecule has 3 rings (SSSR count). The molecule has 0 unspecified atom stereocenters. The number of anilines is 1. The van der Waals surface area contributed by atoms with E-state index in [-0.39, 0.29) is 12.2 Å². The van der Waals surface area contributed by atoms with Crippen molar-refractivity contribution < 1.29 is 19.1 Å². The Morgan fingerprint density at radius 3 is 2.71 bits per heavy atom. The Morgan fingerprint density at radius 1 is 1.29 bits per heavy atom. The molecule has 2 heterocycles. The molecule has 0 bridgehead atoms. The minimum Gasteiger partial charge on any atom is -0.458 e. The number of furan rings is 1. The average Bonchev–Trinajstić information content (AvgIpc) is 2.95. The van der Waals surface area contributed by atoms with Gasteiger partial charge in [-0.25, -0.2) is 0 Å². The van der Waals surface area contributed by atoms with Crippen molar-refractivity contribution in [3.05, 3.63) is 53.0 Å². The molecule has 1 aliphatic rings. The van der Waals surface area contributed by atoms with E-state index in [2.05, 4.69) is 5.32 Å². The van der Waals surface area contributed by atoms with Gasteiger partial charge in [0.1, 0.15) is 5.76 Å². The van der Waals surface area contributed by atoms with Gasteiger partial charge < -0.3 is 14.8 Å². The molecule has 1 aliphatic heterocycles. The molecule has 0 aliphatic carbocycles. The van der Waals surface area contributed by atoms with Crippen molar-refractivity contribution in [2.24, 2.45) is 0 Å². The zero-order chi connectivity index (χ0) is 15.2. The molecule has 0 fully saturated rings. The topological polar surface area (TPSA) is 79.5 Å². The van der Waals surface area contributed by atoms with E-state index in [9.17, 15) is 14.7 Å². The first kappa shape index (κ1) is 13.6. The van der Waals surface area contributed by atoms with Crippen LogP contribution in [-0.2, 0) is 10.4 Å². The van der Waals surface area contributed by atoms with Crippen molar-refractivity contribution in [3.63, 3.8) is 0 Å². The highest BCUT2D eigenvalue weighted by Gasteiger charge is 2.47. The van der Waals surface area contributed by atoms with Crippen LogP contribution in [0.5, 0.6) is 0 Å². The maximum Gasteiger partial charge on any atom is 0.261 e. The molecule has 2 N–H and O–H groups in total. The molecule has 1 aromatic carbocycles. The van der Waals surface area contributed by atoms with Gasteiger partial charge in [0.25, 0.3) is 5.91 Å². The van der Waals surface area contributed by atoms with Gasteiger partial charge in [0.05, 0.1) is 6.42 Å². The zero-order valence-corrected chi connectivity index (χ0v) is 11.8. The second-order valence-corrected chi connectivity index (χ2v) is 5.37. The second-order valence-electron chi connectivity index (χ2n) is 5.37. The summed E-state index contributed by atoms with van der Waals surface area (Å²) in [5.74, 6) is -0.234. The molecule has 2 aromatic rings. The van der Waals surface area contributed by atoms with Gasteiger partial charge in [0, 0.05) is 11.3 Å². The van der Waals surface area contributed by atoms with Gasteiger partial charge in [-0.05, 0) is 32.0 Å². The third-order valence-electron chi connectivity index (χ3n) is 3.68. The Morgan fingerprint density at radius 2 is 2.05 bits per heavy atom. The lowest BCUT2D eigenvalue weighted by molar-refractivity contribution is -0.133. The first-order valence-electron chi connectivity index (χ1n) is 6.65. The Balaban J connectivity index is 1.96. The van der Waals surface area contributed by atoms with Gasteiger partial charge >= 0.3 is 0 Å². The number of benzene rings is 1. The van der Waals surface area contributed by atoms with Crippen LogP contribution in [0.2, 0.25) is 0 Å². The standard InChI is InChI=1S/C16H15NO4/c1-9-3-5-12-11(7-9)16(20,15(19)17-12)8-13(18)14-6-4-10(2)21-14/h3-7,20H,8H2,1-2H3,(H,17,19)/t16-/m0/s1. The van der Waals surface area contributed by atoms with Crippen LogP contribution in [-0.4, -0.2) is 16.8 Å². The van der Waals surface area contributed by atoms with Crippen molar-refractivity contribution in [1.29, 1.82) is 0 Å². The van der Waals surface area contributed by atoms with E-state index in [0.29, 0.717) is 17.0 Å². The highest BCUT2D eigenvalue weighted by Crippen LogP contribution is 2.39. The average molecular weight is 285 g/mol. The van der Waals surface area contributed by atoms with Gasteiger partial charge in [0.2, 0.25) is 5.78 Å². The largest absolute Gasteiger partial charge is 0.458 e. The van der Waals surface area contributed by atoms with E-state index in [0.717, 1.165) is 5.56 Å². The van der Waals surface area contributed by atoms with E-state index in [1.807, 2.05) is 13.0 Å². The Hall–Kier alpha value is -2.40. The van der Waals surface area contributed by atoms with Crippen molar-refractivity contribution in [2.75, 3.05) is 5.32 Å². The third-order valence-corrected chi connectivity index (χ3v) is 3.68. The summed E-state index contributed by atoms with van der Waals surface area (Å²) in [4.78, 5) is 24.3. The number of nitrogens with one attached hydrogen (secondary N) is 1. The van der Waals surface area contributed by atoms with Crippen molar-refractivity contribution in [2.45, 2.75) is 25.9 Å². The van der Waals surface area contributed by atoms with E-state index < -0.39 is 17.3 Å². The summed E-state index contributed by atoms with van der Waals surface area (Å²) in [7, 11) is 0. The molecule has 1 amide bonds. The van der Waals surface area contributed by atoms with Crippen molar-refractivity contribution >= 4 is 17.4 Å². The number of hydrogen-bond donors (Lipinski definition) is 2. The minimum absolute atomic E-state index is 0.148. The lowest BCUT2D eigenvalue weighted by Gasteiger charge is -2.19. The molecule has 0 saturated carbocycles. The van der Waals surface area contributed by atoms with Gasteiger partial charge in [-0.15, -0.1) is 0 Å². The molecule has 0 saturated heterocycles. The summed E-state index contributed by atoms with van der Waals surface area (Å²) in [6, 6.07) is 8.49. The smallest absolute Gasteiger partial charge is 0.261 e. The van der Waals surface area contributed by atoms with Crippen LogP contribution < -0.4 is 5.32 Å². The molecule has 0 spiro atoms. The fourth-order valence-corrected chi connectivity index (χ4v) is 2.54. The fraction of sp³-hybridized carbons (Fsp3) is 0.250. The summed E-state index contributed by atoms with van der Waals surface area (Å²) in [6.45, 7) is 3.59. The monoisotopic (exact) mass is 285 g/mol. The molecular formula is C16H15NO4. The summed E-state index contributed by atoms with van der Waals surface area (Å²) in [5, 5.41) is 13.3. The van der Waals surface area contributed by atoms with E-state index in [1.165, 1.54) is 0 Å². The molecule has 1 atom stereocenters. The minimum atomic E-state index is -1.85. The number of hydrogen-bond acceptors (Lipinski definition) is 4. The summed E-state index contributed by atoms with van der Waals surface area (Å²) in [5.41, 5.74) is 0.0321. The third kappa shape index (κ3) is 2.15. The molecule has 5 heteroatoms. The van der Waals surface area contributed by atoms with Crippen LogP contribution in [0.15, 0.2) is 34.7 Å². The van der Waals surface area contributed by atoms with Gasteiger partial charge in [-0.2, -0.15) is 0 Å². The summed E-state index contributed by atoms with van der Waals surface area (Å²) >= 11 is 0. The summed E-state index contributed by atoms with van der Waals surface area (Å²) < 4.78 is 5.26. The summed E-state index contributed by atoms with van der Waals surface area (Å²) in [6.07, 6.45) is -0.345. The molecule has 21 heavy (non-hydrogen) atoms. The number of carbonyl (C=O) groups excluding carboxylic acids is 2. The van der Waals surface area contributed by atoms with Crippen LogP contribution in [0.3, 0.4) is 0 Å². The second kappa shape index (κ2) is 4.56. The van der Waals surface area contributed by atoms with E-state index >= 15 is 0 Å². The maximum absolute atomic E-state index is 12.2. The molecule has 1 aromatic heterocycles. The lowest BCUT2D eigenvalue weighted by Crippen LogP contribution is -2.36. The van der Waals surface area contributed by atoms with Crippen LogP contribution in [0.4, 0.5) is 5.69 Å². The zero-order valence-electron chi connectivity index (χ0n) is 11.8. The first-order chi connectivity index (χ1) is 9.90. The number of carbonyl (C=O) groups is 2. The fourth-order valence-electron chi connectivity index (χ4n) is 2.54. The van der Waals surface area contributed by atoms with Crippen LogP contribution >= 0.6 is 0 Å². The highest BCUT2D eigenvalue weighted by molar-refractivity contribution is 6.08. The van der Waals surface area contributed by atoms with Crippen molar-refractivity contribution in [1.82, 2.24) is 0 Å². The molecule has 5 nitrogen and oxygen atoms in total. The van der Waals surface area contributed by atoms with Crippen LogP contribution in [0, 0.1) is 13.8 Å². The van der Waals surface area contributed by atoms with Crippen LogP contribution in [0.1, 0.15) is 33.9 Å². The Bertz CT molecular complexity index is 746. The lowest BCUT2D eigenvalue weighted by atomic mass is 9.88. The Kier molecular flexibility index (Phi) is 2.95. The molecule has 0 radical (unpaired) electrons. The van der Waals surface area contributed by atoms with Gasteiger partial charge in [0.15, 0.2) is 11.4 Å². The number of amides is 1. The molecule has 108 valence electrons.